The minimum Gasteiger partial charge on any atom is -0.461 e. The fourth-order valence-corrected chi connectivity index (χ4v) is 3.05. The molecular weight excluding hydrogens is 336 g/mol. The topological polar surface area (TPSA) is 89.7 Å². The van der Waals surface area contributed by atoms with Crippen molar-refractivity contribution in [3.05, 3.63) is 59.0 Å². The highest BCUT2D eigenvalue weighted by atomic mass is 16.5. The highest BCUT2D eigenvalue weighted by molar-refractivity contribution is 6.37. The fraction of sp³-hybridized carbons (Fsp3) is 0.158. The standard InChI is InChI=1S/C19H14N2O5/c1-3-25-18(24)15-10(2)26-19(20-15)21-16(22)13-9-8-11-6-4-5-7-12(11)14(13)17(21)23/h4-9H,3H2,1-2H3. The lowest BCUT2D eigenvalue weighted by Gasteiger charge is -2.07. The van der Waals surface area contributed by atoms with Crippen LogP contribution in [0.1, 0.15) is 43.9 Å². The molecule has 26 heavy (non-hydrogen) atoms. The van der Waals surface area contributed by atoms with E-state index in [0.29, 0.717) is 10.9 Å². The van der Waals surface area contributed by atoms with E-state index < -0.39 is 17.8 Å². The molecule has 0 aliphatic carbocycles. The summed E-state index contributed by atoms with van der Waals surface area (Å²) in [5, 5.41) is 1.53. The molecule has 4 rings (SSSR count). The minimum atomic E-state index is -0.665. The summed E-state index contributed by atoms with van der Waals surface area (Å²) in [7, 11) is 0. The minimum absolute atomic E-state index is 0.0525. The predicted molar refractivity (Wildman–Crippen MR) is 92.3 cm³/mol. The van der Waals surface area contributed by atoms with E-state index in [0.717, 1.165) is 10.3 Å². The molecule has 3 aromatic rings. The second-order valence-corrected chi connectivity index (χ2v) is 5.78. The average molecular weight is 350 g/mol. The van der Waals surface area contributed by atoms with Crippen LogP contribution in [0.4, 0.5) is 6.01 Å². The summed E-state index contributed by atoms with van der Waals surface area (Å²) in [5.74, 6) is -1.55. The summed E-state index contributed by atoms with van der Waals surface area (Å²) in [6.07, 6.45) is 0. The Morgan fingerprint density at radius 2 is 1.92 bits per heavy atom. The van der Waals surface area contributed by atoms with Crippen molar-refractivity contribution in [2.75, 3.05) is 11.5 Å². The van der Waals surface area contributed by atoms with Gasteiger partial charge in [-0.25, -0.2) is 4.79 Å². The Bertz CT molecular complexity index is 1080. The predicted octanol–water partition coefficient (Wildman–Crippen LogP) is 3.11. The summed E-state index contributed by atoms with van der Waals surface area (Å²) in [5.41, 5.74) is 0.534. The Morgan fingerprint density at radius 3 is 2.69 bits per heavy atom. The molecule has 0 saturated carbocycles. The molecule has 2 heterocycles. The van der Waals surface area contributed by atoms with Crippen molar-refractivity contribution in [2.45, 2.75) is 13.8 Å². The number of oxazole rings is 1. The Morgan fingerprint density at radius 1 is 1.15 bits per heavy atom. The van der Waals surface area contributed by atoms with Gasteiger partial charge in [-0.2, -0.15) is 9.88 Å². The number of esters is 1. The number of hydrogen-bond donors (Lipinski definition) is 0. The molecule has 1 aliphatic heterocycles. The van der Waals surface area contributed by atoms with Gasteiger partial charge in [-0.15, -0.1) is 0 Å². The third kappa shape index (κ3) is 2.21. The average Bonchev–Trinajstić information content (AvgIpc) is 3.13. The normalized spacial score (nSPS) is 13.4. The number of carbonyl (C=O) groups excluding carboxylic acids is 3. The van der Waals surface area contributed by atoms with Crippen LogP contribution in [0.25, 0.3) is 10.8 Å². The first-order valence-electron chi connectivity index (χ1n) is 8.08. The van der Waals surface area contributed by atoms with Crippen molar-refractivity contribution in [1.82, 2.24) is 4.98 Å². The molecule has 130 valence electrons. The molecular formula is C19H14N2O5. The molecule has 1 aromatic heterocycles. The van der Waals surface area contributed by atoms with E-state index in [2.05, 4.69) is 4.98 Å². The van der Waals surface area contributed by atoms with Crippen LogP contribution in [-0.4, -0.2) is 29.4 Å². The smallest absolute Gasteiger partial charge is 0.360 e. The van der Waals surface area contributed by atoms with Crippen molar-refractivity contribution in [3.63, 3.8) is 0 Å². The Kier molecular flexibility index (Phi) is 3.57. The van der Waals surface area contributed by atoms with Gasteiger partial charge in [0.25, 0.3) is 11.8 Å². The molecule has 0 unspecified atom stereocenters. The van der Waals surface area contributed by atoms with Gasteiger partial charge < -0.3 is 9.15 Å². The lowest BCUT2D eigenvalue weighted by atomic mass is 10.0. The highest BCUT2D eigenvalue weighted by Crippen LogP contribution is 2.33. The maximum atomic E-state index is 12.9. The van der Waals surface area contributed by atoms with Crippen LogP contribution < -0.4 is 4.90 Å². The summed E-state index contributed by atoms with van der Waals surface area (Å²) in [6.45, 7) is 3.37. The van der Waals surface area contributed by atoms with Crippen LogP contribution in [0.3, 0.4) is 0 Å². The molecule has 7 nitrogen and oxygen atoms in total. The first kappa shape index (κ1) is 16.0. The summed E-state index contributed by atoms with van der Waals surface area (Å²) in [6, 6.07) is 10.5. The number of nitrogens with zero attached hydrogens (tertiary/aromatic N) is 2. The van der Waals surface area contributed by atoms with Crippen LogP contribution in [-0.2, 0) is 4.74 Å². The highest BCUT2D eigenvalue weighted by Gasteiger charge is 2.41. The number of ether oxygens (including phenoxy) is 1. The van der Waals surface area contributed by atoms with Crippen LogP contribution in [0, 0.1) is 6.92 Å². The SMILES string of the molecule is CCOC(=O)c1nc(N2C(=O)c3ccc4ccccc4c3C2=O)oc1C. The number of anilines is 1. The first-order valence-corrected chi connectivity index (χ1v) is 8.08. The number of amides is 2. The van der Waals surface area contributed by atoms with Gasteiger partial charge in [0, 0.05) is 0 Å². The number of hydrogen-bond acceptors (Lipinski definition) is 6. The largest absolute Gasteiger partial charge is 0.461 e. The van der Waals surface area contributed by atoms with Crippen molar-refractivity contribution in [3.8, 4) is 0 Å². The van der Waals surface area contributed by atoms with E-state index >= 15 is 0 Å². The molecule has 0 atom stereocenters. The van der Waals surface area contributed by atoms with E-state index in [1.807, 2.05) is 12.1 Å². The van der Waals surface area contributed by atoms with E-state index in [1.54, 1.807) is 31.2 Å². The van der Waals surface area contributed by atoms with E-state index in [1.165, 1.54) is 6.92 Å². The van der Waals surface area contributed by atoms with Crippen LogP contribution in [0.15, 0.2) is 40.8 Å². The summed E-state index contributed by atoms with van der Waals surface area (Å²) >= 11 is 0. The van der Waals surface area contributed by atoms with Gasteiger partial charge in [-0.05, 0) is 30.7 Å². The van der Waals surface area contributed by atoms with Gasteiger partial charge >= 0.3 is 12.0 Å². The zero-order valence-corrected chi connectivity index (χ0v) is 14.1. The third-order valence-electron chi connectivity index (χ3n) is 4.22. The van der Waals surface area contributed by atoms with Gasteiger partial charge in [0.15, 0.2) is 5.69 Å². The molecule has 2 aromatic carbocycles. The monoisotopic (exact) mass is 350 g/mol. The molecule has 0 fully saturated rings. The maximum Gasteiger partial charge on any atom is 0.360 e. The first-order chi connectivity index (χ1) is 12.5. The number of rotatable bonds is 3. The lowest BCUT2D eigenvalue weighted by Crippen LogP contribution is -2.29. The quantitative estimate of drug-likeness (QED) is 0.532. The Balaban J connectivity index is 1.81. The van der Waals surface area contributed by atoms with E-state index in [-0.39, 0.29) is 29.6 Å². The Labute approximate surface area is 148 Å². The van der Waals surface area contributed by atoms with Crippen molar-refractivity contribution in [1.29, 1.82) is 0 Å². The van der Waals surface area contributed by atoms with Crippen molar-refractivity contribution in [2.24, 2.45) is 0 Å². The van der Waals surface area contributed by atoms with E-state index in [9.17, 15) is 14.4 Å². The van der Waals surface area contributed by atoms with Gasteiger partial charge in [-0.1, -0.05) is 30.3 Å². The second kappa shape index (κ2) is 5.80. The summed E-state index contributed by atoms with van der Waals surface area (Å²) in [4.78, 5) is 42.5. The number of aromatic nitrogens is 1. The number of carbonyl (C=O) groups is 3. The molecule has 7 heteroatoms. The van der Waals surface area contributed by atoms with Crippen LogP contribution in [0.5, 0.6) is 0 Å². The number of benzene rings is 2. The zero-order chi connectivity index (χ0) is 18.4. The lowest BCUT2D eigenvalue weighted by molar-refractivity contribution is 0.0517. The van der Waals surface area contributed by atoms with Gasteiger partial charge in [-0.3, -0.25) is 9.59 Å². The van der Waals surface area contributed by atoms with Crippen LogP contribution in [0.2, 0.25) is 0 Å². The number of imide groups is 1. The van der Waals surface area contributed by atoms with Crippen molar-refractivity contribution < 1.29 is 23.5 Å². The van der Waals surface area contributed by atoms with Crippen LogP contribution >= 0.6 is 0 Å². The van der Waals surface area contributed by atoms with Gasteiger partial charge in [0.05, 0.1) is 17.7 Å². The molecule has 0 N–H and O–H groups in total. The molecule has 0 bridgehead atoms. The number of fused-ring (bicyclic) bond motifs is 3. The zero-order valence-electron chi connectivity index (χ0n) is 14.1. The van der Waals surface area contributed by atoms with Crippen molar-refractivity contribution >= 4 is 34.6 Å². The van der Waals surface area contributed by atoms with Gasteiger partial charge in [0.1, 0.15) is 5.76 Å². The molecule has 0 radical (unpaired) electrons. The maximum absolute atomic E-state index is 12.9. The molecule has 0 saturated heterocycles. The second-order valence-electron chi connectivity index (χ2n) is 5.78. The summed E-state index contributed by atoms with van der Waals surface area (Å²) < 4.78 is 10.3. The molecule has 0 spiro atoms. The third-order valence-corrected chi connectivity index (χ3v) is 4.22. The fourth-order valence-electron chi connectivity index (χ4n) is 3.05. The van der Waals surface area contributed by atoms with Gasteiger partial charge in [0.2, 0.25) is 0 Å². The molecule has 2 amide bonds. The number of aryl methyl sites for hydroxylation is 1. The Hall–Kier alpha value is -3.48. The molecule has 1 aliphatic rings. The van der Waals surface area contributed by atoms with E-state index in [4.69, 9.17) is 9.15 Å².